The Bertz CT molecular complexity index is 96.9. The molecule has 4 heteroatoms. The van der Waals surface area contributed by atoms with E-state index in [0.717, 1.165) is 11.8 Å². The van der Waals surface area contributed by atoms with E-state index in [9.17, 15) is 9.28 Å². The van der Waals surface area contributed by atoms with Crippen LogP contribution in [-0.2, 0) is 0 Å². The highest BCUT2D eigenvalue weighted by atomic mass is 32.2. The maximum Gasteiger partial charge on any atom is 0.309 e. The Balaban J connectivity index is 2.48. The first-order valence-corrected chi connectivity index (χ1v) is 2.89. The highest BCUT2D eigenvalue weighted by Crippen LogP contribution is 2.16. The summed E-state index contributed by atoms with van der Waals surface area (Å²) in [6.45, 7) is 0.253. The van der Waals surface area contributed by atoms with E-state index in [1.165, 1.54) is 0 Å². The lowest BCUT2D eigenvalue weighted by molar-refractivity contribution is 0.0968. The van der Waals surface area contributed by atoms with Crippen molar-refractivity contribution in [1.82, 2.24) is 5.12 Å². The van der Waals surface area contributed by atoms with Gasteiger partial charge in [-0.15, -0.1) is 0 Å². The van der Waals surface area contributed by atoms with Crippen molar-refractivity contribution >= 4 is 17.0 Å². The second-order valence-electron chi connectivity index (χ2n) is 1.20. The summed E-state index contributed by atoms with van der Waals surface area (Å²) < 4.78 is 11.8. The molecule has 0 atom stereocenters. The zero-order chi connectivity index (χ0) is 5.28. The second-order valence-corrected chi connectivity index (χ2v) is 2.25. The van der Waals surface area contributed by atoms with Gasteiger partial charge in [-0.25, -0.2) is 0 Å². The van der Waals surface area contributed by atoms with Crippen LogP contribution in [0.5, 0.6) is 0 Å². The average molecular weight is 121 g/mol. The van der Waals surface area contributed by atoms with E-state index in [0.29, 0.717) is 5.75 Å². The van der Waals surface area contributed by atoms with Gasteiger partial charge in [0.25, 0.3) is 0 Å². The van der Waals surface area contributed by atoms with Crippen LogP contribution in [0, 0.1) is 0 Å². The van der Waals surface area contributed by atoms with Crippen LogP contribution in [0.2, 0.25) is 0 Å². The van der Waals surface area contributed by atoms with E-state index in [1.54, 1.807) is 0 Å². The molecule has 0 bridgehead atoms. The van der Waals surface area contributed by atoms with Gasteiger partial charge in [0.1, 0.15) is 0 Å². The molecule has 1 saturated heterocycles. The van der Waals surface area contributed by atoms with Gasteiger partial charge < -0.3 is 0 Å². The summed E-state index contributed by atoms with van der Waals surface area (Å²) in [5.74, 6) is 0.593. The molecule has 1 amide bonds. The van der Waals surface area contributed by atoms with Gasteiger partial charge in [-0.2, -0.15) is 5.12 Å². The number of carbonyl (C=O) groups is 1. The summed E-state index contributed by atoms with van der Waals surface area (Å²) in [7, 11) is 0. The summed E-state index contributed by atoms with van der Waals surface area (Å²) in [5.41, 5.74) is 0. The maximum absolute atomic E-state index is 11.8. The largest absolute Gasteiger partial charge is 0.309 e. The monoisotopic (exact) mass is 121 g/mol. The smallest absolute Gasteiger partial charge is 0.259 e. The van der Waals surface area contributed by atoms with E-state index in [-0.39, 0.29) is 11.7 Å². The van der Waals surface area contributed by atoms with Gasteiger partial charge in [-0.3, -0.25) is 4.79 Å². The number of carbonyl (C=O) groups excluding carboxylic acids is 1. The lowest BCUT2D eigenvalue weighted by atomic mass is 10.8. The normalized spacial score (nSPS) is 21.3. The number of halogens is 1. The number of thioether (sulfide) groups is 1. The molecule has 7 heavy (non-hydrogen) atoms. The van der Waals surface area contributed by atoms with Crippen molar-refractivity contribution in [3.05, 3.63) is 0 Å². The summed E-state index contributed by atoms with van der Waals surface area (Å²) in [6, 6.07) is 0. The molecule has 1 fully saturated rings. The highest BCUT2D eigenvalue weighted by molar-refractivity contribution is 8.13. The van der Waals surface area contributed by atoms with Crippen molar-refractivity contribution in [2.75, 3.05) is 12.3 Å². The fraction of sp³-hybridized carbons (Fsp3) is 0.667. The van der Waals surface area contributed by atoms with Crippen molar-refractivity contribution in [1.29, 1.82) is 0 Å². The Labute approximate surface area is 44.6 Å². The molecule has 0 aliphatic carbocycles. The van der Waals surface area contributed by atoms with E-state index in [1.807, 2.05) is 0 Å². The van der Waals surface area contributed by atoms with E-state index in [4.69, 9.17) is 0 Å². The van der Waals surface area contributed by atoms with Gasteiger partial charge in [0, 0.05) is 5.75 Å². The first-order chi connectivity index (χ1) is 3.30. The van der Waals surface area contributed by atoms with Gasteiger partial charge in [-0.1, -0.05) is 16.2 Å². The van der Waals surface area contributed by atoms with Gasteiger partial charge in [0.05, 0.1) is 6.54 Å². The molecular weight excluding hydrogens is 117 g/mol. The number of amides is 1. The fourth-order valence-corrected chi connectivity index (χ4v) is 1.03. The van der Waals surface area contributed by atoms with Gasteiger partial charge in [-0.05, 0) is 0 Å². The lowest BCUT2D eigenvalue weighted by Gasteiger charge is -1.94. The molecule has 1 heterocycles. The van der Waals surface area contributed by atoms with Crippen LogP contribution >= 0.6 is 11.8 Å². The molecule has 0 unspecified atom stereocenters. The Morgan fingerprint density at radius 1 is 1.86 bits per heavy atom. The van der Waals surface area contributed by atoms with Gasteiger partial charge in [0.2, 0.25) is 0 Å². The predicted molar refractivity (Wildman–Crippen MR) is 25.7 cm³/mol. The SMILES string of the molecule is O=C1SCCN1F. The molecule has 1 aliphatic heterocycles. The zero-order valence-corrected chi connectivity index (χ0v) is 4.37. The van der Waals surface area contributed by atoms with Crippen molar-refractivity contribution in [3.8, 4) is 0 Å². The van der Waals surface area contributed by atoms with Crippen molar-refractivity contribution in [2.24, 2.45) is 0 Å². The van der Waals surface area contributed by atoms with Crippen molar-refractivity contribution in [3.63, 3.8) is 0 Å². The minimum absolute atomic E-state index is 0.227. The standard InChI is InChI=1S/C3H4FNOS/c4-5-1-2-7-3(5)6/h1-2H2. The van der Waals surface area contributed by atoms with Crippen LogP contribution in [0.3, 0.4) is 0 Å². The molecule has 2 nitrogen and oxygen atoms in total. The number of hydrogen-bond acceptors (Lipinski definition) is 2. The maximum atomic E-state index is 11.8. The molecule has 0 saturated carbocycles. The van der Waals surface area contributed by atoms with Crippen LogP contribution in [0.15, 0.2) is 0 Å². The van der Waals surface area contributed by atoms with Crippen LogP contribution < -0.4 is 0 Å². The topological polar surface area (TPSA) is 20.3 Å². The molecule has 0 spiro atoms. The molecule has 0 aromatic carbocycles. The summed E-state index contributed by atoms with van der Waals surface area (Å²) in [6.07, 6.45) is 0. The Morgan fingerprint density at radius 3 is 2.71 bits per heavy atom. The predicted octanol–water partition coefficient (Wildman–Crippen LogP) is 1.04. The Kier molecular flexibility index (Phi) is 1.19. The van der Waals surface area contributed by atoms with E-state index < -0.39 is 5.24 Å². The third-order valence-electron chi connectivity index (χ3n) is 0.711. The minimum atomic E-state index is -0.458. The van der Waals surface area contributed by atoms with Gasteiger partial charge >= 0.3 is 5.24 Å². The fourth-order valence-electron chi connectivity index (χ4n) is 0.374. The second kappa shape index (κ2) is 1.69. The van der Waals surface area contributed by atoms with Crippen molar-refractivity contribution in [2.45, 2.75) is 0 Å². The zero-order valence-electron chi connectivity index (χ0n) is 3.56. The number of nitrogens with zero attached hydrogens (tertiary/aromatic N) is 1. The molecule has 1 aliphatic rings. The van der Waals surface area contributed by atoms with E-state index in [2.05, 4.69) is 0 Å². The third-order valence-corrected chi connectivity index (χ3v) is 1.54. The average Bonchev–Trinajstić information content (AvgIpc) is 1.91. The number of rotatable bonds is 0. The van der Waals surface area contributed by atoms with Crippen LogP contribution in [0.1, 0.15) is 0 Å². The lowest BCUT2D eigenvalue weighted by Crippen LogP contribution is -2.10. The van der Waals surface area contributed by atoms with Crippen LogP contribution in [0.25, 0.3) is 0 Å². The summed E-state index contributed by atoms with van der Waals surface area (Å²) >= 11 is 1.02. The first-order valence-electron chi connectivity index (χ1n) is 1.91. The molecule has 0 N–H and O–H groups in total. The van der Waals surface area contributed by atoms with Crippen LogP contribution in [0.4, 0.5) is 9.28 Å². The van der Waals surface area contributed by atoms with Gasteiger partial charge in [0.15, 0.2) is 0 Å². The summed E-state index contributed by atoms with van der Waals surface area (Å²) in [5, 5.41) is -0.231. The molecule has 40 valence electrons. The number of hydrogen-bond donors (Lipinski definition) is 0. The van der Waals surface area contributed by atoms with Crippen LogP contribution in [-0.4, -0.2) is 22.7 Å². The highest BCUT2D eigenvalue weighted by Gasteiger charge is 2.19. The third kappa shape index (κ3) is 0.851. The first kappa shape index (κ1) is 4.90. The van der Waals surface area contributed by atoms with Crippen molar-refractivity contribution < 1.29 is 9.28 Å². The summed E-state index contributed by atoms with van der Waals surface area (Å²) in [4.78, 5) is 10.1. The molecule has 1 rings (SSSR count). The molecule has 0 aromatic rings. The van der Waals surface area contributed by atoms with E-state index >= 15 is 0 Å². The minimum Gasteiger partial charge on any atom is -0.259 e. The molecule has 0 radical (unpaired) electrons. The Hall–Kier alpha value is -0.250. The molecule has 0 aromatic heterocycles. The quantitative estimate of drug-likeness (QED) is 0.446. The molecular formula is C3H4FNOS. The Morgan fingerprint density at radius 2 is 2.57 bits per heavy atom.